The van der Waals surface area contributed by atoms with Crippen molar-refractivity contribution in [1.82, 2.24) is 4.98 Å². The predicted molar refractivity (Wildman–Crippen MR) is 113 cm³/mol. The molecule has 0 unspecified atom stereocenters. The standard InChI is InChI=1S/C20H17BrN2OS2/c21-16-9-7-14(8-10-16)17-12-25-20(22-17)26-13-19(24)23-11-3-5-15-4-1-2-6-18(15)23/h1-2,4,6-10,12H,3,5,11,13H2. The van der Waals surface area contributed by atoms with Crippen LogP contribution >= 0.6 is 39.0 Å². The Morgan fingerprint density at radius 1 is 1.19 bits per heavy atom. The molecule has 6 heteroatoms. The molecule has 0 N–H and O–H groups in total. The maximum absolute atomic E-state index is 12.7. The van der Waals surface area contributed by atoms with E-state index < -0.39 is 0 Å². The average Bonchev–Trinajstić information content (AvgIpc) is 3.15. The van der Waals surface area contributed by atoms with Crippen LogP contribution in [-0.4, -0.2) is 23.2 Å². The van der Waals surface area contributed by atoms with Gasteiger partial charge in [0.15, 0.2) is 4.34 Å². The Morgan fingerprint density at radius 3 is 2.85 bits per heavy atom. The molecule has 0 atom stereocenters. The summed E-state index contributed by atoms with van der Waals surface area (Å²) in [5.41, 5.74) is 4.39. The van der Waals surface area contributed by atoms with Crippen LogP contribution in [0.4, 0.5) is 5.69 Å². The van der Waals surface area contributed by atoms with Crippen molar-refractivity contribution in [1.29, 1.82) is 0 Å². The highest BCUT2D eigenvalue weighted by atomic mass is 79.9. The number of aromatic nitrogens is 1. The first-order chi connectivity index (χ1) is 12.7. The number of amides is 1. The number of hydrogen-bond donors (Lipinski definition) is 0. The number of nitrogens with zero attached hydrogens (tertiary/aromatic N) is 2. The van der Waals surface area contributed by atoms with E-state index in [1.807, 2.05) is 52.7 Å². The first kappa shape index (κ1) is 17.8. The van der Waals surface area contributed by atoms with Crippen molar-refractivity contribution < 1.29 is 4.79 Å². The topological polar surface area (TPSA) is 33.2 Å². The number of anilines is 1. The minimum absolute atomic E-state index is 0.155. The number of carbonyl (C=O) groups excluding carboxylic acids is 1. The minimum Gasteiger partial charge on any atom is -0.311 e. The van der Waals surface area contributed by atoms with E-state index in [9.17, 15) is 4.79 Å². The molecule has 2 heterocycles. The fourth-order valence-corrected chi connectivity index (χ4v) is 5.05. The Labute approximate surface area is 169 Å². The number of rotatable bonds is 4. The smallest absolute Gasteiger partial charge is 0.237 e. The van der Waals surface area contributed by atoms with Crippen LogP contribution in [0.15, 0.2) is 62.7 Å². The SMILES string of the molecule is O=C(CSc1nc(-c2ccc(Br)cc2)cs1)N1CCCc2ccccc21. The van der Waals surface area contributed by atoms with E-state index in [2.05, 4.69) is 27.0 Å². The number of thioether (sulfide) groups is 1. The van der Waals surface area contributed by atoms with E-state index in [0.29, 0.717) is 5.75 Å². The number of benzene rings is 2. The van der Waals surface area contributed by atoms with Crippen LogP contribution in [0.5, 0.6) is 0 Å². The van der Waals surface area contributed by atoms with Crippen molar-refractivity contribution in [2.45, 2.75) is 17.2 Å². The van der Waals surface area contributed by atoms with Crippen LogP contribution in [0.2, 0.25) is 0 Å². The Hall–Kier alpha value is -1.63. The molecular formula is C20H17BrN2OS2. The van der Waals surface area contributed by atoms with Crippen molar-refractivity contribution in [3.05, 3.63) is 63.9 Å². The van der Waals surface area contributed by atoms with Crippen LogP contribution in [0.3, 0.4) is 0 Å². The zero-order valence-electron chi connectivity index (χ0n) is 14.0. The molecule has 1 aromatic heterocycles. The van der Waals surface area contributed by atoms with Crippen molar-refractivity contribution in [3.63, 3.8) is 0 Å². The van der Waals surface area contributed by atoms with Gasteiger partial charge in [0, 0.05) is 27.6 Å². The summed E-state index contributed by atoms with van der Waals surface area (Å²) in [5.74, 6) is 0.573. The van der Waals surface area contributed by atoms with Crippen LogP contribution < -0.4 is 4.90 Å². The van der Waals surface area contributed by atoms with Gasteiger partial charge in [-0.25, -0.2) is 4.98 Å². The van der Waals surface area contributed by atoms with Gasteiger partial charge >= 0.3 is 0 Å². The minimum atomic E-state index is 0.155. The Morgan fingerprint density at radius 2 is 2.00 bits per heavy atom. The van der Waals surface area contributed by atoms with Gasteiger partial charge in [-0.1, -0.05) is 58.0 Å². The molecule has 0 bridgehead atoms. The van der Waals surface area contributed by atoms with E-state index in [0.717, 1.165) is 45.1 Å². The molecule has 1 aliphatic rings. The summed E-state index contributed by atoms with van der Waals surface area (Å²) in [6, 6.07) is 16.3. The van der Waals surface area contributed by atoms with E-state index in [4.69, 9.17) is 0 Å². The molecule has 0 saturated heterocycles. The highest BCUT2D eigenvalue weighted by Gasteiger charge is 2.22. The summed E-state index contributed by atoms with van der Waals surface area (Å²) in [7, 11) is 0. The molecule has 3 nitrogen and oxygen atoms in total. The molecule has 3 aromatic rings. The van der Waals surface area contributed by atoms with Crippen LogP contribution in [0.25, 0.3) is 11.3 Å². The fourth-order valence-electron chi connectivity index (χ4n) is 3.07. The summed E-state index contributed by atoms with van der Waals surface area (Å²) >= 11 is 6.56. The monoisotopic (exact) mass is 444 g/mol. The lowest BCUT2D eigenvalue weighted by Gasteiger charge is -2.29. The molecule has 1 amide bonds. The first-order valence-corrected chi connectivity index (χ1v) is 11.1. The molecule has 0 fully saturated rings. The number of carbonyl (C=O) groups is 1. The van der Waals surface area contributed by atoms with E-state index >= 15 is 0 Å². The normalized spacial score (nSPS) is 13.5. The third-order valence-electron chi connectivity index (χ3n) is 4.35. The summed E-state index contributed by atoms with van der Waals surface area (Å²) in [4.78, 5) is 19.3. The number of halogens is 1. The number of hydrogen-bond acceptors (Lipinski definition) is 4. The molecule has 0 aliphatic carbocycles. The largest absolute Gasteiger partial charge is 0.311 e. The summed E-state index contributed by atoms with van der Waals surface area (Å²) < 4.78 is 1.99. The van der Waals surface area contributed by atoms with Gasteiger partial charge in [0.1, 0.15) is 0 Å². The zero-order valence-corrected chi connectivity index (χ0v) is 17.2. The zero-order chi connectivity index (χ0) is 17.9. The second-order valence-corrected chi connectivity index (χ2v) is 9.07. The van der Waals surface area contributed by atoms with Gasteiger partial charge in [-0.2, -0.15) is 0 Å². The Balaban J connectivity index is 1.42. The first-order valence-electron chi connectivity index (χ1n) is 8.43. The van der Waals surface area contributed by atoms with Gasteiger partial charge in [0.25, 0.3) is 0 Å². The molecule has 0 spiro atoms. The van der Waals surface area contributed by atoms with Gasteiger partial charge in [-0.15, -0.1) is 11.3 Å². The molecule has 4 rings (SSSR count). The fraction of sp³-hybridized carbons (Fsp3) is 0.200. The number of fused-ring (bicyclic) bond motifs is 1. The highest BCUT2D eigenvalue weighted by Crippen LogP contribution is 2.31. The van der Waals surface area contributed by atoms with Gasteiger partial charge < -0.3 is 4.90 Å². The second-order valence-electron chi connectivity index (χ2n) is 6.07. The van der Waals surface area contributed by atoms with E-state index in [1.165, 1.54) is 17.3 Å². The van der Waals surface area contributed by atoms with Crippen LogP contribution in [-0.2, 0) is 11.2 Å². The van der Waals surface area contributed by atoms with Crippen molar-refractivity contribution in [2.24, 2.45) is 0 Å². The van der Waals surface area contributed by atoms with Gasteiger partial charge in [-0.3, -0.25) is 4.79 Å². The van der Waals surface area contributed by atoms with E-state index in [1.54, 1.807) is 11.3 Å². The lowest BCUT2D eigenvalue weighted by atomic mass is 10.0. The predicted octanol–water partition coefficient (Wildman–Crippen LogP) is 5.64. The maximum Gasteiger partial charge on any atom is 0.237 e. The number of para-hydroxylation sites is 1. The molecule has 26 heavy (non-hydrogen) atoms. The lowest BCUT2D eigenvalue weighted by Crippen LogP contribution is -2.36. The van der Waals surface area contributed by atoms with Crippen LogP contribution in [0.1, 0.15) is 12.0 Å². The van der Waals surface area contributed by atoms with Crippen LogP contribution in [0, 0.1) is 0 Å². The summed E-state index contributed by atoms with van der Waals surface area (Å²) in [6.45, 7) is 0.804. The van der Waals surface area contributed by atoms with Gasteiger partial charge in [-0.05, 0) is 36.6 Å². The third-order valence-corrected chi connectivity index (χ3v) is 6.89. The quantitative estimate of drug-likeness (QED) is 0.487. The van der Waals surface area contributed by atoms with Crippen molar-refractivity contribution in [2.75, 3.05) is 17.2 Å². The average molecular weight is 445 g/mol. The molecule has 2 aromatic carbocycles. The summed E-state index contributed by atoms with van der Waals surface area (Å²) in [5, 5.41) is 2.05. The number of aryl methyl sites for hydroxylation is 1. The van der Waals surface area contributed by atoms with Crippen molar-refractivity contribution >= 4 is 50.6 Å². The maximum atomic E-state index is 12.7. The molecule has 0 saturated carbocycles. The number of thiazole rings is 1. The Bertz CT molecular complexity index is 924. The summed E-state index contributed by atoms with van der Waals surface area (Å²) in [6.07, 6.45) is 2.08. The third kappa shape index (κ3) is 3.87. The Kier molecular flexibility index (Phi) is 5.43. The van der Waals surface area contributed by atoms with Gasteiger partial charge in [0.05, 0.1) is 11.4 Å². The lowest BCUT2D eigenvalue weighted by molar-refractivity contribution is -0.116. The molecule has 0 radical (unpaired) electrons. The molecular weight excluding hydrogens is 428 g/mol. The second kappa shape index (κ2) is 7.94. The van der Waals surface area contributed by atoms with Gasteiger partial charge in [0.2, 0.25) is 5.91 Å². The van der Waals surface area contributed by atoms with E-state index in [-0.39, 0.29) is 5.91 Å². The molecule has 132 valence electrons. The highest BCUT2D eigenvalue weighted by molar-refractivity contribution is 9.10. The van der Waals surface area contributed by atoms with Crippen molar-refractivity contribution in [3.8, 4) is 11.3 Å². The molecule has 1 aliphatic heterocycles.